The van der Waals surface area contributed by atoms with Crippen molar-refractivity contribution < 1.29 is 9.13 Å². The summed E-state index contributed by atoms with van der Waals surface area (Å²) in [6.45, 7) is 2.57. The van der Waals surface area contributed by atoms with Crippen LogP contribution in [0.1, 0.15) is 13.3 Å². The average molecular weight is 243 g/mol. The molecule has 1 rings (SSSR count). The minimum Gasteiger partial charge on any atom is -0.493 e. The molecule has 1 aromatic rings. The third-order valence-corrected chi connectivity index (χ3v) is 2.08. The normalized spacial score (nSPS) is 10.1. The van der Waals surface area contributed by atoms with Gasteiger partial charge in [-0.25, -0.2) is 4.39 Å². The van der Waals surface area contributed by atoms with E-state index >= 15 is 0 Å². The second-order valence-corrected chi connectivity index (χ2v) is 3.51. The fraction of sp³-hybridized carbons (Fsp3) is 0.333. The van der Waals surface area contributed by atoms with Crippen molar-refractivity contribution in [2.75, 3.05) is 6.61 Å². The zero-order valence-electron chi connectivity index (χ0n) is 7.31. The van der Waals surface area contributed by atoms with Gasteiger partial charge in [0.15, 0.2) is 0 Å². The van der Waals surface area contributed by atoms with E-state index in [0.29, 0.717) is 22.3 Å². The molecule has 1 aromatic carbocycles. The van der Waals surface area contributed by atoms with Crippen molar-refractivity contribution in [1.82, 2.24) is 0 Å². The van der Waals surface area contributed by atoms with E-state index in [9.17, 15) is 4.39 Å². The van der Waals surface area contributed by atoms with Crippen LogP contribution in [0.4, 0.5) is 4.39 Å². The predicted molar refractivity (Wildman–Crippen MR) is 55.3 cm³/mol. The summed E-state index contributed by atoms with van der Waals surface area (Å²) in [6, 6.07) is 2.58. The van der Waals surface area contributed by atoms with E-state index in [-0.39, 0.29) is 5.82 Å². The number of hydrogen-bond acceptors (Lipinski definition) is 1. The molecule has 2 radical (unpaired) electrons. The largest absolute Gasteiger partial charge is 0.493 e. The van der Waals surface area contributed by atoms with Gasteiger partial charge in [0.05, 0.1) is 11.1 Å². The first-order valence-corrected chi connectivity index (χ1v) is 4.81. The molecule has 0 N–H and O–H groups in total. The molecule has 0 bridgehead atoms. The van der Waals surface area contributed by atoms with Gasteiger partial charge in [-0.1, -0.05) is 12.4 Å². The zero-order valence-corrected chi connectivity index (χ0v) is 8.90. The Morgan fingerprint density at radius 3 is 2.77 bits per heavy atom. The molecular weight excluding hydrogens is 234 g/mol. The highest BCUT2D eigenvalue weighted by Crippen LogP contribution is 2.23. The molecule has 0 heterocycles. The Kier molecular flexibility index (Phi) is 3.79. The lowest BCUT2D eigenvalue weighted by molar-refractivity contribution is 0.317. The van der Waals surface area contributed by atoms with Gasteiger partial charge in [-0.05, 0) is 34.5 Å². The molecule has 0 aromatic heterocycles. The van der Waals surface area contributed by atoms with Crippen LogP contribution in [0.15, 0.2) is 16.6 Å². The summed E-state index contributed by atoms with van der Waals surface area (Å²) in [4.78, 5) is 0. The Hall–Kier alpha value is -0.505. The first-order valence-electron chi connectivity index (χ1n) is 4.02. The van der Waals surface area contributed by atoms with Gasteiger partial charge in [-0.2, -0.15) is 0 Å². The van der Waals surface area contributed by atoms with E-state index in [0.717, 1.165) is 6.42 Å². The quantitative estimate of drug-likeness (QED) is 0.739. The van der Waals surface area contributed by atoms with Crippen LogP contribution in [0, 0.1) is 5.82 Å². The zero-order chi connectivity index (χ0) is 9.84. The third kappa shape index (κ3) is 2.73. The monoisotopic (exact) mass is 242 g/mol. The van der Waals surface area contributed by atoms with Gasteiger partial charge < -0.3 is 4.74 Å². The number of halogens is 2. The lowest BCUT2D eigenvalue weighted by Crippen LogP contribution is -2.11. The minimum atomic E-state index is -0.367. The highest BCUT2D eigenvalue weighted by Gasteiger charge is 2.06. The summed E-state index contributed by atoms with van der Waals surface area (Å²) in [6.07, 6.45) is 0.892. The van der Waals surface area contributed by atoms with Gasteiger partial charge in [0, 0.05) is 0 Å². The average Bonchev–Trinajstić information content (AvgIpc) is 2.02. The van der Waals surface area contributed by atoms with E-state index in [1.165, 1.54) is 12.1 Å². The number of rotatable bonds is 3. The summed E-state index contributed by atoms with van der Waals surface area (Å²) in [7, 11) is 5.57. The van der Waals surface area contributed by atoms with Crippen LogP contribution in [-0.4, -0.2) is 14.5 Å². The Balaban J connectivity index is 2.92. The molecule has 0 saturated heterocycles. The summed E-state index contributed by atoms with van der Waals surface area (Å²) < 4.78 is 18.7. The van der Waals surface area contributed by atoms with Crippen LogP contribution < -0.4 is 10.2 Å². The van der Waals surface area contributed by atoms with Crippen molar-refractivity contribution in [2.24, 2.45) is 0 Å². The lowest BCUT2D eigenvalue weighted by atomic mass is 9.95. The first kappa shape index (κ1) is 10.6. The summed E-state index contributed by atoms with van der Waals surface area (Å²) in [5, 5.41) is 0. The molecule has 0 aliphatic heterocycles. The van der Waals surface area contributed by atoms with Gasteiger partial charge in [0.1, 0.15) is 19.4 Å². The molecule has 68 valence electrons. The van der Waals surface area contributed by atoms with Crippen LogP contribution >= 0.6 is 15.9 Å². The molecule has 0 spiro atoms. The molecule has 0 fully saturated rings. The molecule has 4 heteroatoms. The Morgan fingerprint density at radius 2 is 2.23 bits per heavy atom. The Bertz CT molecular complexity index is 281. The predicted octanol–water partition coefficient (Wildman–Crippen LogP) is 2.17. The van der Waals surface area contributed by atoms with Crippen LogP contribution in [0.3, 0.4) is 0 Å². The molecule has 13 heavy (non-hydrogen) atoms. The van der Waals surface area contributed by atoms with E-state index in [1.807, 2.05) is 6.92 Å². The summed E-state index contributed by atoms with van der Waals surface area (Å²) in [5.41, 5.74) is 0.320. The van der Waals surface area contributed by atoms with Gasteiger partial charge in [0.2, 0.25) is 0 Å². The van der Waals surface area contributed by atoms with Crippen LogP contribution in [0.2, 0.25) is 0 Å². The maximum absolute atomic E-state index is 12.8. The van der Waals surface area contributed by atoms with Crippen LogP contribution in [0.5, 0.6) is 5.75 Å². The Morgan fingerprint density at radius 1 is 1.54 bits per heavy atom. The van der Waals surface area contributed by atoms with Crippen LogP contribution in [0.25, 0.3) is 0 Å². The number of benzene rings is 1. The van der Waals surface area contributed by atoms with E-state index in [4.69, 9.17) is 12.6 Å². The van der Waals surface area contributed by atoms with Gasteiger partial charge in [0.25, 0.3) is 0 Å². The van der Waals surface area contributed by atoms with Crippen molar-refractivity contribution in [1.29, 1.82) is 0 Å². The topological polar surface area (TPSA) is 9.23 Å². The fourth-order valence-electron chi connectivity index (χ4n) is 0.937. The Labute approximate surface area is 86.8 Å². The minimum absolute atomic E-state index is 0.320. The number of ether oxygens (including phenoxy) is 1. The molecule has 0 amide bonds. The second-order valence-electron chi connectivity index (χ2n) is 2.65. The van der Waals surface area contributed by atoms with Gasteiger partial charge in [-0.3, -0.25) is 0 Å². The van der Waals surface area contributed by atoms with Crippen molar-refractivity contribution in [2.45, 2.75) is 13.3 Å². The van der Waals surface area contributed by atoms with E-state index in [2.05, 4.69) is 15.9 Å². The van der Waals surface area contributed by atoms with Crippen LogP contribution in [-0.2, 0) is 0 Å². The van der Waals surface area contributed by atoms with Gasteiger partial charge >= 0.3 is 0 Å². The molecule has 0 aliphatic rings. The first-order chi connectivity index (χ1) is 6.15. The maximum atomic E-state index is 12.8. The molecule has 0 saturated carbocycles. The second kappa shape index (κ2) is 4.65. The van der Waals surface area contributed by atoms with Crippen molar-refractivity contribution in [3.63, 3.8) is 0 Å². The van der Waals surface area contributed by atoms with E-state index in [1.54, 1.807) is 0 Å². The summed E-state index contributed by atoms with van der Waals surface area (Å²) >= 11 is 3.18. The van der Waals surface area contributed by atoms with E-state index < -0.39 is 0 Å². The maximum Gasteiger partial charge on any atom is 0.126 e. The van der Waals surface area contributed by atoms with Crippen molar-refractivity contribution in [3.8, 4) is 5.75 Å². The lowest BCUT2D eigenvalue weighted by Gasteiger charge is -2.10. The number of hydrogen-bond donors (Lipinski definition) is 0. The van der Waals surface area contributed by atoms with Crippen molar-refractivity contribution in [3.05, 3.63) is 22.4 Å². The SMILES string of the molecule is [B]c1cc(F)cc(Br)c1OCCC. The molecule has 0 atom stereocenters. The third-order valence-electron chi connectivity index (χ3n) is 1.49. The van der Waals surface area contributed by atoms with Crippen molar-refractivity contribution >= 4 is 29.2 Å². The van der Waals surface area contributed by atoms with Gasteiger partial charge in [-0.15, -0.1) is 0 Å². The standard InChI is InChI=1S/C9H9BBrFO/c1-2-3-13-9-7(10)4-6(12)5-8(9)11/h4-5H,2-3H2,1H3. The molecular formula is C9H9BBrFO. The fourth-order valence-corrected chi connectivity index (χ4v) is 1.50. The summed E-state index contributed by atoms with van der Waals surface area (Å²) in [5.74, 6) is 0.150. The molecule has 0 aliphatic carbocycles. The molecule has 0 unspecified atom stereocenters. The smallest absolute Gasteiger partial charge is 0.126 e. The highest BCUT2D eigenvalue weighted by molar-refractivity contribution is 9.10. The highest BCUT2D eigenvalue weighted by atomic mass is 79.9. The molecule has 1 nitrogen and oxygen atoms in total.